The highest BCUT2D eigenvalue weighted by Crippen LogP contribution is 2.24. The van der Waals surface area contributed by atoms with Crippen LogP contribution in [0.1, 0.15) is 15.9 Å². The van der Waals surface area contributed by atoms with Gasteiger partial charge in [-0.15, -0.1) is 0 Å². The van der Waals surface area contributed by atoms with Crippen LogP contribution in [-0.4, -0.2) is 20.2 Å². The average molecular weight is 262 g/mol. The van der Waals surface area contributed by atoms with Crippen LogP contribution in [0, 0.1) is 0 Å². The van der Waals surface area contributed by atoms with Crippen molar-refractivity contribution >= 4 is 5.97 Å². The van der Waals surface area contributed by atoms with Gasteiger partial charge in [0.2, 0.25) is 0 Å². The lowest BCUT2D eigenvalue weighted by atomic mass is 10.2. The summed E-state index contributed by atoms with van der Waals surface area (Å²) in [6.07, 6.45) is 2.76. The molecular weight excluding hydrogens is 248 g/mol. The van der Waals surface area contributed by atoms with Gasteiger partial charge in [0, 0.05) is 5.56 Å². The fraction of sp³-hybridized carbons (Fsp3) is 0.214. The molecule has 0 aliphatic rings. The van der Waals surface area contributed by atoms with Gasteiger partial charge >= 0.3 is 5.97 Å². The Morgan fingerprint density at radius 2 is 2.05 bits per heavy atom. The van der Waals surface area contributed by atoms with E-state index in [0.717, 1.165) is 5.56 Å². The van der Waals surface area contributed by atoms with Crippen molar-refractivity contribution in [1.82, 2.24) is 0 Å². The molecule has 1 aromatic carbocycles. The van der Waals surface area contributed by atoms with Gasteiger partial charge in [0.05, 0.1) is 26.0 Å². The van der Waals surface area contributed by atoms with Crippen molar-refractivity contribution in [3.63, 3.8) is 0 Å². The number of furan rings is 1. The summed E-state index contributed by atoms with van der Waals surface area (Å²) < 4.78 is 20.3. The second-order valence-corrected chi connectivity index (χ2v) is 3.77. The van der Waals surface area contributed by atoms with Gasteiger partial charge in [-0.05, 0) is 24.3 Å². The predicted octanol–water partition coefficient (Wildman–Crippen LogP) is 2.65. The van der Waals surface area contributed by atoms with Gasteiger partial charge in [0.25, 0.3) is 0 Å². The van der Waals surface area contributed by atoms with Crippen molar-refractivity contribution in [2.24, 2.45) is 0 Å². The molecule has 0 amide bonds. The minimum Gasteiger partial charge on any atom is -0.497 e. The molecule has 5 heteroatoms. The minimum atomic E-state index is -0.446. The summed E-state index contributed by atoms with van der Waals surface area (Å²) in [5.74, 6) is 0.870. The van der Waals surface area contributed by atoms with Gasteiger partial charge in [0.15, 0.2) is 0 Å². The van der Waals surface area contributed by atoms with Crippen molar-refractivity contribution in [3.8, 4) is 11.5 Å². The Bertz CT molecular complexity index is 545. The molecule has 0 atom stereocenters. The highest BCUT2D eigenvalue weighted by molar-refractivity contribution is 5.88. The Balaban J connectivity index is 2.08. The van der Waals surface area contributed by atoms with Gasteiger partial charge in [0.1, 0.15) is 24.4 Å². The maximum Gasteiger partial charge on any atom is 0.341 e. The van der Waals surface area contributed by atoms with E-state index in [9.17, 15) is 4.79 Å². The fourth-order valence-corrected chi connectivity index (χ4v) is 1.60. The standard InChI is InChI=1S/C14H14O5/c1-16-12-3-4-13(17-2)11(7-12)9-19-14(15)10-5-6-18-8-10/h3-8H,9H2,1-2H3. The average Bonchev–Trinajstić information content (AvgIpc) is 2.98. The lowest BCUT2D eigenvalue weighted by molar-refractivity contribution is 0.0469. The van der Waals surface area contributed by atoms with E-state index in [1.165, 1.54) is 12.5 Å². The minimum absolute atomic E-state index is 0.102. The number of rotatable bonds is 5. The van der Waals surface area contributed by atoms with E-state index in [0.29, 0.717) is 17.1 Å². The Morgan fingerprint density at radius 3 is 2.68 bits per heavy atom. The molecule has 0 N–H and O–H groups in total. The lowest BCUT2D eigenvalue weighted by Gasteiger charge is -2.10. The molecule has 0 unspecified atom stereocenters. The zero-order valence-electron chi connectivity index (χ0n) is 10.7. The first-order valence-corrected chi connectivity index (χ1v) is 5.65. The van der Waals surface area contributed by atoms with Crippen LogP contribution >= 0.6 is 0 Å². The van der Waals surface area contributed by atoms with Crippen LogP contribution < -0.4 is 9.47 Å². The largest absolute Gasteiger partial charge is 0.497 e. The number of hydrogen-bond donors (Lipinski definition) is 0. The van der Waals surface area contributed by atoms with Crippen LogP contribution in [-0.2, 0) is 11.3 Å². The number of ether oxygens (including phenoxy) is 3. The second kappa shape index (κ2) is 5.95. The van der Waals surface area contributed by atoms with Gasteiger partial charge in [-0.3, -0.25) is 0 Å². The van der Waals surface area contributed by atoms with Crippen LogP contribution in [0.3, 0.4) is 0 Å². The summed E-state index contributed by atoms with van der Waals surface area (Å²) in [5.41, 5.74) is 1.11. The molecule has 0 spiro atoms. The number of methoxy groups -OCH3 is 2. The summed E-state index contributed by atoms with van der Waals surface area (Å²) >= 11 is 0. The van der Waals surface area contributed by atoms with Crippen molar-refractivity contribution in [2.45, 2.75) is 6.61 Å². The first-order valence-electron chi connectivity index (χ1n) is 5.65. The maximum atomic E-state index is 11.7. The molecule has 0 fully saturated rings. The van der Waals surface area contributed by atoms with Gasteiger partial charge in [-0.2, -0.15) is 0 Å². The van der Waals surface area contributed by atoms with Crippen molar-refractivity contribution in [3.05, 3.63) is 47.9 Å². The monoisotopic (exact) mass is 262 g/mol. The topological polar surface area (TPSA) is 57.9 Å². The molecule has 19 heavy (non-hydrogen) atoms. The van der Waals surface area contributed by atoms with E-state index in [2.05, 4.69) is 0 Å². The Morgan fingerprint density at radius 1 is 1.21 bits per heavy atom. The van der Waals surface area contributed by atoms with Crippen LogP contribution in [0.25, 0.3) is 0 Å². The molecule has 0 aliphatic carbocycles. The number of hydrogen-bond acceptors (Lipinski definition) is 5. The summed E-state index contributed by atoms with van der Waals surface area (Å²) in [5, 5.41) is 0. The van der Waals surface area contributed by atoms with Gasteiger partial charge in [-0.1, -0.05) is 0 Å². The number of carbonyl (C=O) groups excluding carboxylic acids is 1. The van der Waals surface area contributed by atoms with E-state index in [1.54, 1.807) is 38.5 Å². The third kappa shape index (κ3) is 3.07. The molecule has 0 bridgehead atoms. The molecule has 2 aromatic rings. The Kier molecular flexibility index (Phi) is 4.07. The summed E-state index contributed by atoms with van der Waals surface area (Å²) in [4.78, 5) is 11.7. The van der Waals surface area contributed by atoms with E-state index in [1.807, 2.05) is 0 Å². The first kappa shape index (κ1) is 13.0. The summed E-state index contributed by atoms with van der Waals surface area (Å²) in [7, 11) is 3.13. The van der Waals surface area contributed by atoms with E-state index >= 15 is 0 Å². The van der Waals surface area contributed by atoms with Crippen molar-refractivity contribution < 1.29 is 23.4 Å². The lowest BCUT2D eigenvalue weighted by Crippen LogP contribution is -2.05. The van der Waals surface area contributed by atoms with Gasteiger partial charge < -0.3 is 18.6 Å². The van der Waals surface area contributed by atoms with E-state index in [4.69, 9.17) is 18.6 Å². The predicted molar refractivity (Wildman–Crippen MR) is 67.4 cm³/mol. The van der Waals surface area contributed by atoms with Crippen LogP contribution in [0.5, 0.6) is 11.5 Å². The highest BCUT2D eigenvalue weighted by Gasteiger charge is 2.11. The molecule has 0 saturated heterocycles. The molecule has 0 aliphatic heterocycles. The first-order chi connectivity index (χ1) is 9.24. The van der Waals surface area contributed by atoms with E-state index < -0.39 is 5.97 Å². The zero-order chi connectivity index (χ0) is 13.7. The Labute approximate surface area is 110 Å². The number of esters is 1. The molecule has 5 nitrogen and oxygen atoms in total. The summed E-state index contributed by atoms with van der Waals surface area (Å²) in [6, 6.07) is 6.85. The van der Waals surface area contributed by atoms with Crippen LogP contribution in [0.15, 0.2) is 41.2 Å². The molecule has 1 heterocycles. The number of benzene rings is 1. The number of carbonyl (C=O) groups is 1. The fourth-order valence-electron chi connectivity index (χ4n) is 1.60. The summed E-state index contributed by atoms with van der Waals surface area (Å²) in [6.45, 7) is 0.102. The van der Waals surface area contributed by atoms with E-state index in [-0.39, 0.29) is 6.61 Å². The van der Waals surface area contributed by atoms with Crippen LogP contribution in [0.2, 0.25) is 0 Å². The van der Waals surface area contributed by atoms with Crippen molar-refractivity contribution in [2.75, 3.05) is 14.2 Å². The molecule has 0 radical (unpaired) electrons. The molecule has 1 aromatic heterocycles. The third-order valence-corrected chi connectivity index (χ3v) is 2.60. The molecule has 2 rings (SSSR count). The second-order valence-electron chi connectivity index (χ2n) is 3.77. The Hall–Kier alpha value is -2.43. The third-order valence-electron chi connectivity index (χ3n) is 2.60. The smallest absolute Gasteiger partial charge is 0.341 e. The van der Waals surface area contributed by atoms with Gasteiger partial charge in [-0.25, -0.2) is 4.79 Å². The molecular formula is C14H14O5. The van der Waals surface area contributed by atoms with Crippen molar-refractivity contribution in [1.29, 1.82) is 0 Å². The maximum absolute atomic E-state index is 11.7. The zero-order valence-corrected chi connectivity index (χ0v) is 10.7. The normalized spacial score (nSPS) is 10.0. The SMILES string of the molecule is COc1ccc(OC)c(COC(=O)c2ccoc2)c1. The molecule has 100 valence electrons. The quantitative estimate of drug-likeness (QED) is 0.775. The highest BCUT2D eigenvalue weighted by atomic mass is 16.5. The van der Waals surface area contributed by atoms with Crippen LogP contribution in [0.4, 0.5) is 0 Å². The molecule has 0 saturated carbocycles.